The van der Waals surface area contributed by atoms with Crippen LogP contribution < -0.4 is 19.5 Å². The fourth-order valence-corrected chi connectivity index (χ4v) is 3.44. The number of methoxy groups -OCH3 is 3. The van der Waals surface area contributed by atoms with Crippen molar-refractivity contribution in [2.75, 3.05) is 33.6 Å². The first-order chi connectivity index (χ1) is 9.21. The van der Waals surface area contributed by atoms with Crippen LogP contribution in [0.15, 0.2) is 12.1 Å². The number of rotatable bonds is 4. The van der Waals surface area contributed by atoms with Gasteiger partial charge in [0.2, 0.25) is 5.75 Å². The largest absolute Gasteiger partial charge is 0.493 e. The molecule has 0 aromatic heterocycles. The van der Waals surface area contributed by atoms with Crippen LogP contribution in [0.25, 0.3) is 0 Å². The van der Waals surface area contributed by atoms with Crippen LogP contribution in [0.2, 0.25) is 0 Å². The summed E-state index contributed by atoms with van der Waals surface area (Å²) in [7, 11) is 4.93. The molecule has 2 rings (SSSR count). The molecule has 2 atom stereocenters. The molecular weight excluding hydrogens is 262 g/mol. The third kappa shape index (κ3) is 2.92. The Balaban J connectivity index is 2.34. The summed E-state index contributed by atoms with van der Waals surface area (Å²) >= 11 is 1.90. The summed E-state index contributed by atoms with van der Waals surface area (Å²) < 4.78 is 16.3. The zero-order valence-corrected chi connectivity index (χ0v) is 12.7. The van der Waals surface area contributed by atoms with Gasteiger partial charge >= 0.3 is 0 Å². The van der Waals surface area contributed by atoms with Gasteiger partial charge in [0.1, 0.15) is 0 Å². The summed E-state index contributed by atoms with van der Waals surface area (Å²) in [6.45, 7) is 3.28. The SMILES string of the molecule is COc1ccc(C2NCC(C)CS2)c(OC)c1OC. The smallest absolute Gasteiger partial charge is 0.203 e. The molecule has 1 aromatic carbocycles. The van der Waals surface area contributed by atoms with Crippen LogP contribution in [0.5, 0.6) is 17.2 Å². The molecule has 106 valence electrons. The Labute approximate surface area is 118 Å². The fourth-order valence-electron chi connectivity index (χ4n) is 2.22. The Morgan fingerprint density at radius 1 is 1.11 bits per heavy atom. The molecule has 1 saturated heterocycles. The third-order valence-corrected chi connectivity index (χ3v) is 4.73. The first-order valence-corrected chi connectivity index (χ1v) is 7.40. The van der Waals surface area contributed by atoms with Crippen molar-refractivity contribution in [3.8, 4) is 17.2 Å². The van der Waals surface area contributed by atoms with Crippen molar-refractivity contribution in [2.24, 2.45) is 5.92 Å². The average Bonchev–Trinajstić information content (AvgIpc) is 2.46. The van der Waals surface area contributed by atoms with Gasteiger partial charge in [0.05, 0.1) is 26.7 Å². The Bertz CT molecular complexity index is 431. The highest BCUT2D eigenvalue weighted by Crippen LogP contribution is 2.45. The van der Waals surface area contributed by atoms with E-state index in [1.165, 1.54) is 0 Å². The lowest BCUT2D eigenvalue weighted by molar-refractivity contribution is 0.321. The van der Waals surface area contributed by atoms with E-state index < -0.39 is 0 Å². The number of thioether (sulfide) groups is 1. The summed E-state index contributed by atoms with van der Waals surface area (Å²) in [5, 5.41) is 3.78. The van der Waals surface area contributed by atoms with Crippen molar-refractivity contribution >= 4 is 11.8 Å². The van der Waals surface area contributed by atoms with Gasteiger partial charge in [0.15, 0.2) is 11.5 Å². The van der Waals surface area contributed by atoms with Crippen LogP contribution in [0.4, 0.5) is 0 Å². The highest BCUT2D eigenvalue weighted by molar-refractivity contribution is 7.99. The van der Waals surface area contributed by atoms with Crippen molar-refractivity contribution in [3.05, 3.63) is 17.7 Å². The molecule has 1 aliphatic heterocycles. The minimum Gasteiger partial charge on any atom is -0.493 e. The Morgan fingerprint density at radius 3 is 2.37 bits per heavy atom. The van der Waals surface area contributed by atoms with E-state index in [1.807, 2.05) is 23.9 Å². The molecule has 4 nitrogen and oxygen atoms in total. The van der Waals surface area contributed by atoms with Crippen LogP contribution in [0.1, 0.15) is 17.9 Å². The van der Waals surface area contributed by atoms with E-state index in [9.17, 15) is 0 Å². The molecule has 1 aliphatic rings. The van der Waals surface area contributed by atoms with Crippen LogP contribution in [-0.2, 0) is 0 Å². The van der Waals surface area contributed by atoms with Crippen molar-refractivity contribution < 1.29 is 14.2 Å². The van der Waals surface area contributed by atoms with Gasteiger partial charge in [-0.3, -0.25) is 0 Å². The predicted octanol–water partition coefficient (Wildman–Crippen LogP) is 2.68. The maximum absolute atomic E-state index is 5.53. The molecule has 1 N–H and O–H groups in total. The van der Waals surface area contributed by atoms with Crippen molar-refractivity contribution in [3.63, 3.8) is 0 Å². The molecular formula is C14H21NO3S. The second kappa shape index (κ2) is 6.39. The zero-order valence-electron chi connectivity index (χ0n) is 11.9. The van der Waals surface area contributed by atoms with Crippen molar-refractivity contribution in [2.45, 2.75) is 12.3 Å². The summed E-state index contributed by atoms with van der Waals surface area (Å²) in [6.07, 6.45) is 0. The van der Waals surface area contributed by atoms with Crippen molar-refractivity contribution in [1.29, 1.82) is 0 Å². The molecule has 0 bridgehead atoms. The molecule has 19 heavy (non-hydrogen) atoms. The molecule has 0 aliphatic carbocycles. The van der Waals surface area contributed by atoms with E-state index in [0.29, 0.717) is 17.4 Å². The minimum atomic E-state index is 0.242. The Kier molecular flexibility index (Phi) is 4.82. The van der Waals surface area contributed by atoms with E-state index in [-0.39, 0.29) is 5.37 Å². The highest BCUT2D eigenvalue weighted by atomic mass is 32.2. The first-order valence-electron chi connectivity index (χ1n) is 6.35. The highest BCUT2D eigenvalue weighted by Gasteiger charge is 2.25. The summed E-state index contributed by atoms with van der Waals surface area (Å²) in [6, 6.07) is 3.97. The number of hydrogen-bond donors (Lipinski definition) is 1. The molecule has 1 fully saturated rings. The maximum Gasteiger partial charge on any atom is 0.203 e. The predicted molar refractivity (Wildman–Crippen MR) is 78.5 cm³/mol. The fraction of sp³-hybridized carbons (Fsp3) is 0.571. The minimum absolute atomic E-state index is 0.242. The monoisotopic (exact) mass is 283 g/mol. The second-order valence-corrected chi connectivity index (χ2v) is 5.79. The molecule has 1 aromatic rings. The standard InChI is InChI=1S/C14H21NO3S/c1-9-7-15-14(19-8-9)10-5-6-11(16-2)13(18-4)12(10)17-3/h5-6,9,14-15H,7-8H2,1-4H3. The van der Waals surface area contributed by atoms with Crippen LogP contribution in [0, 0.1) is 5.92 Å². The van der Waals surface area contributed by atoms with E-state index in [1.54, 1.807) is 21.3 Å². The first kappa shape index (κ1) is 14.3. The number of ether oxygens (including phenoxy) is 3. The summed E-state index contributed by atoms with van der Waals surface area (Å²) in [5.74, 6) is 3.95. The third-order valence-electron chi connectivity index (χ3n) is 3.22. The lowest BCUT2D eigenvalue weighted by Crippen LogP contribution is -2.31. The van der Waals surface area contributed by atoms with E-state index in [2.05, 4.69) is 12.2 Å². The lowest BCUT2D eigenvalue weighted by Gasteiger charge is -2.29. The second-order valence-electron chi connectivity index (χ2n) is 4.65. The van der Waals surface area contributed by atoms with Crippen LogP contribution in [-0.4, -0.2) is 33.6 Å². The topological polar surface area (TPSA) is 39.7 Å². The maximum atomic E-state index is 5.53. The van der Waals surface area contributed by atoms with Crippen molar-refractivity contribution in [1.82, 2.24) is 5.32 Å². The molecule has 0 saturated carbocycles. The number of hydrogen-bond acceptors (Lipinski definition) is 5. The molecule has 0 radical (unpaired) electrons. The van der Waals surface area contributed by atoms with Crippen LogP contribution in [0.3, 0.4) is 0 Å². The van der Waals surface area contributed by atoms with Gasteiger partial charge in [-0.2, -0.15) is 0 Å². The molecule has 1 heterocycles. The van der Waals surface area contributed by atoms with E-state index >= 15 is 0 Å². The zero-order chi connectivity index (χ0) is 13.8. The quantitative estimate of drug-likeness (QED) is 0.920. The normalized spacial score (nSPS) is 22.9. The Morgan fingerprint density at radius 2 is 1.84 bits per heavy atom. The van der Waals surface area contributed by atoms with Gasteiger partial charge in [0, 0.05) is 5.56 Å². The molecule has 0 amide bonds. The van der Waals surface area contributed by atoms with Gasteiger partial charge in [-0.05, 0) is 30.3 Å². The molecule has 0 spiro atoms. The van der Waals surface area contributed by atoms with Gasteiger partial charge in [0.25, 0.3) is 0 Å². The average molecular weight is 283 g/mol. The lowest BCUT2D eigenvalue weighted by atomic mass is 10.1. The molecule has 5 heteroatoms. The number of benzene rings is 1. The van der Waals surface area contributed by atoms with Gasteiger partial charge in [-0.25, -0.2) is 0 Å². The number of nitrogens with one attached hydrogen (secondary N) is 1. The van der Waals surface area contributed by atoms with Gasteiger partial charge in [-0.15, -0.1) is 11.8 Å². The molecule has 2 unspecified atom stereocenters. The van der Waals surface area contributed by atoms with E-state index in [4.69, 9.17) is 14.2 Å². The summed E-state index contributed by atoms with van der Waals surface area (Å²) in [5.41, 5.74) is 1.11. The Hall–Kier alpha value is -1.07. The summed E-state index contributed by atoms with van der Waals surface area (Å²) in [4.78, 5) is 0. The van der Waals surface area contributed by atoms with Gasteiger partial charge in [-0.1, -0.05) is 6.92 Å². The van der Waals surface area contributed by atoms with E-state index in [0.717, 1.165) is 23.6 Å². The van der Waals surface area contributed by atoms with Gasteiger partial charge < -0.3 is 19.5 Å². The van der Waals surface area contributed by atoms with Crippen LogP contribution >= 0.6 is 11.8 Å².